The van der Waals surface area contributed by atoms with Crippen molar-refractivity contribution in [3.8, 4) is 0 Å². The first-order chi connectivity index (χ1) is 14.8. The van der Waals surface area contributed by atoms with Gasteiger partial charge in [-0.1, -0.05) is 30.3 Å². The number of nitrogens with one attached hydrogen (secondary N) is 1. The second-order valence-electron chi connectivity index (χ2n) is 6.67. The molecule has 0 aliphatic carbocycles. The fourth-order valence-corrected chi connectivity index (χ4v) is 4.34. The molecule has 160 valence electrons. The summed E-state index contributed by atoms with van der Waals surface area (Å²) in [7, 11) is -2.47. The largest absolute Gasteiger partial charge is 0.302 e. The Balaban J connectivity index is 1.84. The molecule has 3 aromatic rings. The average molecular weight is 458 g/mol. The van der Waals surface area contributed by atoms with Crippen molar-refractivity contribution in [2.24, 2.45) is 0 Å². The van der Waals surface area contributed by atoms with E-state index in [1.54, 1.807) is 36.4 Å². The Kier molecular flexibility index (Phi) is 7.27. The average Bonchev–Trinajstić information content (AvgIpc) is 3.08. The highest BCUT2D eigenvalue weighted by Gasteiger charge is 2.11. The van der Waals surface area contributed by atoms with Crippen molar-refractivity contribution in [1.82, 2.24) is 4.98 Å². The number of benzene rings is 2. The lowest BCUT2D eigenvalue weighted by Gasteiger charge is -2.02. The van der Waals surface area contributed by atoms with Crippen LogP contribution in [0.5, 0.6) is 0 Å². The number of nitrogens with zero attached hydrogens (tertiary/aromatic N) is 2. The molecule has 1 aromatic heterocycles. The highest BCUT2D eigenvalue weighted by atomic mass is 32.2. The van der Waals surface area contributed by atoms with E-state index in [0.717, 1.165) is 21.6 Å². The molecule has 10 heteroatoms. The van der Waals surface area contributed by atoms with E-state index in [4.69, 9.17) is 0 Å². The van der Waals surface area contributed by atoms with Crippen LogP contribution in [0.1, 0.15) is 34.2 Å². The van der Waals surface area contributed by atoms with Crippen molar-refractivity contribution in [1.29, 1.82) is 0 Å². The minimum atomic E-state index is -2.47. The van der Waals surface area contributed by atoms with Crippen molar-refractivity contribution < 1.29 is 18.1 Å². The van der Waals surface area contributed by atoms with E-state index in [9.17, 15) is 23.3 Å². The van der Waals surface area contributed by atoms with Crippen LogP contribution in [0, 0.1) is 10.1 Å². The Morgan fingerprint density at radius 1 is 1.10 bits per heavy atom. The van der Waals surface area contributed by atoms with Gasteiger partial charge in [-0.2, -0.15) is 0 Å². The van der Waals surface area contributed by atoms with Crippen LogP contribution in [0.2, 0.25) is 0 Å². The van der Waals surface area contributed by atoms with Crippen molar-refractivity contribution in [3.05, 3.63) is 85.9 Å². The molecule has 0 fully saturated rings. The highest BCUT2D eigenvalue weighted by Crippen LogP contribution is 2.28. The molecule has 0 aliphatic rings. The van der Waals surface area contributed by atoms with Gasteiger partial charge in [-0.3, -0.25) is 14.9 Å². The number of nitro benzene ring substituents is 1. The number of amides is 1. The number of hydrogen-bond donors (Lipinski definition) is 2. The molecule has 1 N–H and O–H groups in total. The molecule has 31 heavy (non-hydrogen) atoms. The Bertz CT molecular complexity index is 1190. The Morgan fingerprint density at radius 2 is 1.74 bits per heavy atom. The van der Waals surface area contributed by atoms with Gasteiger partial charge < -0.3 is 5.32 Å². The normalized spacial score (nSPS) is 11.2. The molecule has 0 bridgehead atoms. The summed E-state index contributed by atoms with van der Waals surface area (Å²) >= 11 is 1.36. The smallest absolute Gasteiger partial charge is 0.269 e. The molecule has 0 spiro atoms. The maximum atomic E-state index is 11.4. The monoisotopic (exact) mass is 457 g/mol. The summed E-state index contributed by atoms with van der Waals surface area (Å²) in [4.78, 5) is 27.1. The van der Waals surface area contributed by atoms with Crippen LogP contribution >= 0.6 is 11.3 Å². The van der Waals surface area contributed by atoms with E-state index >= 15 is 0 Å². The predicted molar refractivity (Wildman–Crippen MR) is 122 cm³/mol. The van der Waals surface area contributed by atoms with Gasteiger partial charge in [-0.25, -0.2) is 13.4 Å². The number of thiol groups is 1. The van der Waals surface area contributed by atoms with Crippen LogP contribution in [0.25, 0.3) is 12.2 Å². The third-order valence-corrected chi connectivity index (χ3v) is 5.86. The van der Waals surface area contributed by atoms with Crippen LogP contribution in [-0.2, 0) is 27.7 Å². The quantitative estimate of drug-likeness (QED) is 0.301. The third kappa shape index (κ3) is 6.56. The maximum absolute atomic E-state index is 11.4. The van der Waals surface area contributed by atoms with Crippen molar-refractivity contribution in [2.45, 2.75) is 19.1 Å². The van der Waals surface area contributed by atoms with E-state index in [1.165, 1.54) is 30.4 Å². The zero-order chi connectivity index (χ0) is 22.4. The molecule has 0 aliphatic heterocycles. The Hall–Kier alpha value is -3.37. The lowest BCUT2D eigenvalue weighted by Crippen LogP contribution is -2.04. The fraction of sp³-hybridized carbons (Fsp3) is 0.143. The van der Waals surface area contributed by atoms with Crippen LogP contribution in [0.4, 0.5) is 10.8 Å². The number of nitro groups is 1. The molecule has 1 amide bonds. The molecular weight excluding hydrogens is 438 g/mol. The topological polar surface area (TPSA) is 119 Å². The van der Waals surface area contributed by atoms with Crippen LogP contribution < -0.4 is 5.32 Å². The molecule has 0 saturated heterocycles. The first-order valence-corrected chi connectivity index (χ1v) is 11.4. The number of non-ortho nitro benzene ring substituents is 1. The fourth-order valence-electron chi connectivity index (χ4n) is 2.80. The summed E-state index contributed by atoms with van der Waals surface area (Å²) in [6.07, 6.45) is 4.16. The molecule has 1 heterocycles. The maximum Gasteiger partial charge on any atom is 0.269 e. The van der Waals surface area contributed by atoms with Crippen LogP contribution in [-0.4, -0.2) is 24.2 Å². The molecule has 0 saturated carbocycles. The van der Waals surface area contributed by atoms with Gasteiger partial charge in [0.25, 0.3) is 5.69 Å². The van der Waals surface area contributed by atoms with Crippen LogP contribution in [0.15, 0.2) is 48.5 Å². The second kappa shape index (κ2) is 10.1. The van der Waals surface area contributed by atoms with E-state index in [0.29, 0.717) is 17.2 Å². The van der Waals surface area contributed by atoms with E-state index in [2.05, 4.69) is 10.3 Å². The summed E-state index contributed by atoms with van der Waals surface area (Å²) in [6.45, 7) is 1.41. The second-order valence-corrected chi connectivity index (χ2v) is 8.74. The number of hydrogen-bond acceptors (Lipinski definition) is 7. The number of anilines is 1. The lowest BCUT2D eigenvalue weighted by molar-refractivity contribution is -0.384. The first kappa shape index (κ1) is 22.3. The number of thiazole rings is 1. The zero-order valence-corrected chi connectivity index (χ0v) is 18.2. The molecule has 0 unspecified atom stereocenters. The van der Waals surface area contributed by atoms with E-state index in [-0.39, 0.29) is 17.3 Å². The van der Waals surface area contributed by atoms with Gasteiger partial charge >= 0.3 is 0 Å². The SMILES string of the molecule is CC(=O)Nc1nc(/C=C\c2ccc([N+](=O)[O-])cc2)c(Cc2ccc(C[SH](=O)=O)cc2)s1. The Morgan fingerprint density at radius 3 is 2.32 bits per heavy atom. The van der Waals surface area contributed by atoms with Gasteiger partial charge in [-0.15, -0.1) is 11.3 Å². The standard InChI is InChI=1S/C21H19N3O5S2/c1-14(25)22-21-23-19(11-8-15-6-9-18(10-7-15)24(26)27)20(30-21)12-16-2-4-17(5-3-16)13-31(28)29/h2-11,31H,12-13H2,1H3,(H,22,23,25)/b11-8-. The Labute approximate surface area is 184 Å². The lowest BCUT2D eigenvalue weighted by atomic mass is 10.1. The van der Waals surface area contributed by atoms with Gasteiger partial charge in [0.05, 0.1) is 16.4 Å². The van der Waals surface area contributed by atoms with E-state index < -0.39 is 15.6 Å². The van der Waals surface area contributed by atoms with Gasteiger partial charge in [0.2, 0.25) is 5.91 Å². The first-order valence-electron chi connectivity index (χ1n) is 9.19. The van der Waals surface area contributed by atoms with E-state index in [1.807, 2.05) is 12.1 Å². The van der Waals surface area contributed by atoms with Gasteiger partial charge in [-0.05, 0) is 34.9 Å². The summed E-state index contributed by atoms with van der Waals surface area (Å²) in [6, 6.07) is 13.5. The molecule has 8 nitrogen and oxygen atoms in total. The molecule has 0 radical (unpaired) electrons. The summed E-state index contributed by atoms with van der Waals surface area (Å²) in [5.74, 6) is -0.214. The number of aromatic nitrogens is 1. The predicted octanol–water partition coefficient (Wildman–Crippen LogP) is 3.88. The summed E-state index contributed by atoms with van der Waals surface area (Å²) < 4.78 is 21.8. The van der Waals surface area contributed by atoms with Crippen molar-refractivity contribution >= 4 is 50.9 Å². The minimum absolute atomic E-state index is 0.00603. The minimum Gasteiger partial charge on any atom is -0.302 e. The molecule has 2 aromatic carbocycles. The van der Waals surface area contributed by atoms with Crippen molar-refractivity contribution in [3.63, 3.8) is 0 Å². The van der Waals surface area contributed by atoms with Gasteiger partial charge in [0, 0.05) is 30.4 Å². The molecular formula is C21H19N3O5S2. The number of rotatable bonds is 8. The van der Waals surface area contributed by atoms with Crippen LogP contribution in [0.3, 0.4) is 0 Å². The molecule has 3 rings (SSSR count). The van der Waals surface area contributed by atoms with Crippen molar-refractivity contribution in [2.75, 3.05) is 5.32 Å². The zero-order valence-electron chi connectivity index (χ0n) is 16.5. The van der Waals surface area contributed by atoms with Gasteiger partial charge in [0.15, 0.2) is 5.13 Å². The number of carbonyl (C=O) groups is 1. The number of carbonyl (C=O) groups excluding carboxylic acids is 1. The summed E-state index contributed by atoms with van der Waals surface area (Å²) in [5.41, 5.74) is 3.18. The van der Waals surface area contributed by atoms with Gasteiger partial charge in [0.1, 0.15) is 10.7 Å². The molecule has 0 atom stereocenters. The highest BCUT2D eigenvalue weighted by molar-refractivity contribution is 7.71. The summed E-state index contributed by atoms with van der Waals surface area (Å²) in [5, 5.41) is 14.0. The third-order valence-electron chi connectivity index (χ3n) is 4.25.